The number of hydrogen-bond acceptors (Lipinski definition) is 1. The molecule has 0 aliphatic rings. The maximum absolute atomic E-state index is 11.9. The third-order valence-electron chi connectivity index (χ3n) is 3.63. The number of ketones is 1. The van der Waals surface area contributed by atoms with Crippen LogP contribution in [-0.2, 0) is 0 Å². The van der Waals surface area contributed by atoms with E-state index in [4.69, 9.17) is 0 Å². The van der Waals surface area contributed by atoms with Crippen LogP contribution in [0.25, 0.3) is 0 Å². The van der Waals surface area contributed by atoms with Gasteiger partial charge in [-0.25, -0.2) is 0 Å². The van der Waals surface area contributed by atoms with Gasteiger partial charge in [-0.05, 0) is 22.8 Å². The Hall–Kier alpha value is -1.11. The van der Waals surface area contributed by atoms with E-state index in [0.717, 1.165) is 5.56 Å². The van der Waals surface area contributed by atoms with Gasteiger partial charge in [-0.15, -0.1) is 0 Å². The van der Waals surface area contributed by atoms with Gasteiger partial charge in [0.15, 0.2) is 5.78 Å². The maximum atomic E-state index is 11.9. The highest BCUT2D eigenvalue weighted by Crippen LogP contribution is 2.34. The molecule has 0 radical (unpaired) electrons. The van der Waals surface area contributed by atoms with Crippen molar-refractivity contribution in [2.45, 2.75) is 53.9 Å². The largest absolute Gasteiger partial charge is 0.294 e. The molecule has 0 aliphatic carbocycles. The van der Waals surface area contributed by atoms with Crippen LogP contribution in [-0.4, -0.2) is 5.78 Å². The van der Waals surface area contributed by atoms with E-state index in [0.29, 0.717) is 18.3 Å². The molecule has 0 bridgehead atoms. The van der Waals surface area contributed by atoms with Gasteiger partial charge in [0.25, 0.3) is 0 Å². The van der Waals surface area contributed by atoms with Crippen LogP contribution in [0, 0.1) is 11.3 Å². The third kappa shape index (κ3) is 3.97. The van der Waals surface area contributed by atoms with Gasteiger partial charge in [0.05, 0.1) is 0 Å². The molecule has 1 rings (SSSR count). The van der Waals surface area contributed by atoms with Gasteiger partial charge in [0, 0.05) is 12.0 Å². The van der Waals surface area contributed by atoms with Crippen LogP contribution in [0.2, 0.25) is 0 Å². The highest BCUT2D eigenvalue weighted by atomic mass is 16.1. The van der Waals surface area contributed by atoms with E-state index in [9.17, 15) is 4.79 Å². The summed E-state index contributed by atoms with van der Waals surface area (Å²) in [5.41, 5.74) is 2.40. The molecule has 0 amide bonds. The molecule has 0 heterocycles. The maximum Gasteiger partial charge on any atom is 0.163 e. The van der Waals surface area contributed by atoms with E-state index in [1.165, 1.54) is 5.56 Å². The molecule has 1 nitrogen and oxygen atoms in total. The fourth-order valence-electron chi connectivity index (χ4n) is 1.95. The van der Waals surface area contributed by atoms with Crippen molar-refractivity contribution in [2.75, 3.05) is 0 Å². The normalized spacial score (nSPS) is 13.7. The van der Waals surface area contributed by atoms with Crippen LogP contribution in [0.1, 0.15) is 69.8 Å². The zero-order valence-electron chi connectivity index (χ0n) is 12.6. The molecule has 100 valence electrons. The van der Waals surface area contributed by atoms with Gasteiger partial charge in [0.1, 0.15) is 0 Å². The predicted octanol–water partition coefficient (Wildman–Crippen LogP) is 5.07. The Bertz CT molecular complexity index is 393. The summed E-state index contributed by atoms with van der Waals surface area (Å²) < 4.78 is 0. The van der Waals surface area contributed by atoms with Crippen LogP contribution < -0.4 is 0 Å². The highest BCUT2D eigenvalue weighted by Gasteiger charge is 2.21. The van der Waals surface area contributed by atoms with Crippen molar-refractivity contribution in [3.8, 4) is 0 Å². The summed E-state index contributed by atoms with van der Waals surface area (Å²) in [5.74, 6) is 1.16. The Morgan fingerprint density at radius 3 is 1.94 bits per heavy atom. The minimum Gasteiger partial charge on any atom is -0.294 e. The Labute approximate surface area is 112 Å². The van der Waals surface area contributed by atoms with Crippen LogP contribution in [0.5, 0.6) is 0 Å². The van der Waals surface area contributed by atoms with Gasteiger partial charge in [0.2, 0.25) is 0 Å². The van der Waals surface area contributed by atoms with E-state index >= 15 is 0 Å². The summed E-state index contributed by atoms with van der Waals surface area (Å²) in [5, 5.41) is 0. The summed E-state index contributed by atoms with van der Waals surface area (Å²) in [6, 6.07) is 8.15. The van der Waals surface area contributed by atoms with E-state index in [1.807, 2.05) is 12.1 Å². The Balaban J connectivity index is 2.83. The Morgan fingerprint density at radius 1 is 1.06 bits per heavy atom. The zero-order chi connectivity index (χ0) is 13.9. The molecule has 1 aromatic carbocycles. The molecule has 18 heavy (non-hydrogen) atoms. The van der Waals surface area contributed by atoms with Crippen molar-refractivity contribution in [3.05, 3.63) is 35.4 Å². The minimum absolute atomic E-state index is 0.250. The highest BCUT2D eigenvalue weighted by molar-refractivity contribution is 5.96. The molecule has 0 aromatic heterocycles. The van der Waals surface area contributed by atoms with Crippen molar-refractivity contribution in [1.82, 2.24) is 0 Å². The fraction of sp³-hybridized carbons (Fsp3) is 0.588. The van der Waals surface area contributed by atoms with Gasteiger partial charge < -0.3 is 0 Å². The Morgan fingerprint density at radius 2 is 1.56 bits per heavy atom. The molecular formula is C17H26O. The summed E-state index contributed by atoms with van der Waals surface area (Å²) >= 11 is 0. The average Bonchev–Trinajstić information content (AvgIpc) is 2.26. The lowest BCUT2D eigenvalue weighted by atomic mass is 9.77. The number of carbonyl (C=O) groups excluding carboxylic acids is 1. The predicted molar refractivity (Wildman–Crippen MR) is 78.1 cm³/mol. The fourth-order valence-corrected chi connectivity index (χ4v) is 1.95. The summed E-state index contributed by atoms with van der Waals surface area (Å²) in [4.78, 5) is 11.9. The smallest absolute Gasteiger partial charge is 0.163 e. The van der Waals surface area contributed by atoms with Gasteiger partial charge in [-0.3, -0.25) is 4.79 Å². The lowest BCUT2D eigenvalue weighted by Gasteiger charge is -2.27. The van der Waals surface area contributed by atoms with E-state index < -0.39 is 0 Å². The van der Waals surface area contributed by atoms with Crippen molar-refractivity contribution in [1.29, 1.82) is 0 Å². The molecular weight excluding hydrogens is 220 g/mol. The van der Waals surface area contributed by atoms with Crippen molar-refractivity contribution < 1.29 is 4.79 Å². The van der Waals surface area contributed by atoms with Crippen molar-refractivity contribution in [2.24, 2.45) is 11.3 Å². The zero-order valence-corrected chi connectivity index (χ0v) is 12.6. The topological polar surface area (TPSA) is 17.1 Å². The second-order valence-corrected chi connectivity index (χ2v) is 6.73. The molecule has 0 saturated carbocycles. The van der Waals surface area contributed by atoms with Crippen LogP contribution in [0.4, 0.5) is 0 Å². The molecule has 1 atom stereocenters. The molecule has 1 aromatic rings. The number of benzene rings is 1. The molecule has 0 aliphatic heterocycles. The van der Waals surface area contributed by atoms with E-state index in [-0.39, 0.29) is 11.2 Å². The van der Waals surface area contributed by atoms with Crippen molar-refractivity contribution in [3.63, 3.8) is 0 Å². The minimum atomic E-state index is 0.250. The molecule has 1 heteroatoms. The average molecular weight is 246 g/mol. The first kappa shape index (κ1) is 14.9. The summed E-state index contributed by atoms with van der Waals surface area (Å²) in [6.45, 7) is 13.1. The third-order valence-corrected chi connectivity index (χ3v) is 3.63. The van der Waals surface area contributed by atoms with Crippen molar-refractivity contribution >= 4 is 5.78 Å². The lowest BCUT2D eigenvalue weighted by Crippen LogP contribution is -2.15. The first-order chi connectivity index (χ1) is 8.21. The number of rotatable bonds is 4. The summed E-state index contributed by atoms with van der Waals surface area (Å²) in [6.07, 6.45) is 0.633. The molecule has 1 unspecified atom stereocenters. The SMILES string of the molecule is CC(C)CC(=O)c1ccc(C(C)C(C)(C)C)cc1. The second kappa shape index (κ2) is 5.69. The molecule has 0 spiro atoms. The van der Waals surface area contributed by atoms with Crippen LogP contribution >= 0.6 is 0 Å². The van der Waals surface area contributed by atoms with Gasteiger partial charge in [-0.2, -0.15) is 0 Å². The number of carbonyl (C=O) groups is 1. The van der Waals surface area contributed by atoms with Crippen LogP contribution in [0.3, 0.4) is 0 Å². The molecule has 0 N–H and O–H groups in total. The van der Waals surface area contributed by atoms with Gasteiger partial charge >= 0.3 is 0 Å². The number of hydrogen-bond donors (Lipinski definition) is 0. The standard InChI is InChI=1S/C17H26O/c1-12(2)11-16(18)15-9-7-14(8-10-15)13(3)17(4,5)6/h7-10,12-13H,11H2,1-6H3. The quantitative estimate of drug-likeness (QED) is 0.678. The van der Waals surface area contributed by atoms with Crippen LogP contribution in [0.15, 0.2) is 24.3 Å². The Kier molecular flexibility index (Phi) is 4.72. The first-order valence-electron chi connectivity index (χ1n) is 6.85. The van der Waals surface area contributed by atoms with E-state index in [2.05, 4.69) is 53.7 Å². The van der Waals surface area contributed by atoms with Gasteiger partial charge in [-0.1, -0.05) is 65.8 Å². The second-order valence-electron chi connectivity index (χ2n) is 6.73. The first-order valence-corrected chi connectivity index (χ1v) is 6.85. The lowest BCUT2D eigenvalue weighted by molar-refractivity contribution is 0.0968. The molecule has 0 saturated heterocycles. The number of Topliss-reactive ketones (excluding diaryl/α,β-unsaturated/α-hetero) is 1. The van der Waals surface area contributed by atoms with E-state index in [1.54, 1.807) is 0 Å². The monoisotopic (exact) mass is 246 g/mol. The molecule has 0 fully saturated rings. The summed E-state index contributed by atoms with van der Waals surface area (Å²) in [7, 11) is 0.